The third-order valence-corrected chi connectivity index (χ3v) is 3.05. The van der Waals surface area contributed by atoms with Crippen molar-refractivity contribution in [2.24, 2.45) is 5.92 Å². The van der Waals surface area contributed by atoms with Gasteiger partial charge in [-0.05, 0) is 18.4 Å². The van der Waals surface area contributed by atoms with Crippen LogP contribution in [0.15, 0.2) is 22.7 Å². The summed E-state index contributed by atoms with van der Waals surface area (Å²) in [4.78, 5) is 22.1. The van der Waals surface area contributed by atoms with Crippen LogP contribution in [-0.2, 0) is 11.2 Å². The molecule has 0 atom stereocenters. The van der Waals surface area contributed by atoms with Crippen molar-refractivity contribution >= 4 is 27.4 Å². The summed E-state index contributed by atoms with van der Waals surface area (Å²) in [7, 11) is 0. The number of hydrogen-bond acceptors (Lipinski definition) is 3. The van der Waals surface area contributed by atoms with Gasteiger partial charge in [0, 0.05) is 28.9 Å². The molecule has 0 bridgehead atoms. The van der Waals surface area contributed by atoms with Crippen molar-refractivity contribution in [3.63, 3.8) is 0 Å². The first-order chi connectivity index (χ1) is 8.40. The van der Waals surface area contributed by atoms with Gasteiger partial charge in [0.25, 0.3) is 5.69 Å². The number of aryl methyl sites for hydroxylation is 1. The maximum atomic E-state index is 11.6. The van der Waals surface area contributed by atoms with Gasteiger partial charge in [0.05, 0.1) is 4.92 Å². The van der Waals surface area contributed by atoms with Crippen LogP contribution in [0.4, 0.5) is 5.69 Å². The number of nitro groups is 1. The molecule has 1 rings (SSSR count). The van der Waals surface area contributed by atoms with Crippen LogP contribution in [0.25, 0.3) is 0 Å². The molecule has 0 radical (unpaired) electrons. The number of hydrogen-bond donors (Lipinski definition) is 0. The van der Waals surface area contributed by atoms with Gasteiger partial charge in [0.15, 0.2) is 0 Å². The first-order valence-electron chi connectivity index (χ1n) is 5.84. The SMILES string of the molecule is CC(C)CC(=O)CCc1ccc(Br)cc1[N+](=O)[O-]. The number of halogens is 1. The van der Waals surface area contributed by atoms with E-state index in [9.17, 15) is 14.9 Å². The van der Waals surface area contributed by atoms with E-state index in [2.05, 4.69) is 15.9 Å². The minimum Gasteiger partial charge on any atom is -0.300 e. The van der Waals surface area contributed by atoms with Crippen molar-refractivity contribution in [3.05, 3.63) is 38.3 Å². The molecule has 0 unspecified atom stereocenters. The number of ketones is 1. The van der Waals surface area contributed by atoms with Crippen LogP contribution in [0.5, 0.6) is 0 Å². The first-order valence-corrected chi connectivity index (χ1v) is 6.64. The second-order valence-corrected chi connectivity index (χ2v) is 5.58. The molecule has 0 saturated carbocycles. The highest BCUT2D eigenvalue weighted by atomic mass is 79.9. The molecule has 18 heavy (non-hydrogen) atoms. The molecule has 4 nitrogen and oxygen atoms in total. The van der Waals surface area contributed by atoms with E-state index in [0.717, 1.165) is 0 Å². The summed E-state index contributed by atoms with van der Waals surface area (Å²) in [5.41, 5.74) is 0.682. The lowest BCUT2D eigenvalue weighted by Gasteiger charge is -2.05. The summed E-state index contributed by atoms with van der Waals surface area (Å²) in [5.74, 6) is 0.486. The van der Waals surface area contributed by atoms with Gasteiger partial charge < -0.3 is 0 Å². The largest absolute Gasteiger partial charge is 0.300 e. The Bertz CT molecular complexity index is 458. The number of carbonyl (C=O) groups excluding carboxylic acids is 1. The van der Waals surface area contributed by atoms with Crippen LogP contribution in [0.3, 0.4) is 0 Å². The van der Waals surface area contributed by atoms with Crippen molar-refractivity contribution in [3.8, 4) is 0 Å². The molecule has 0 N–H and O–H groups in total. The van der Waals surface area contributed by atoms with E-state index in [1.807, 2.05) is 13.8 Å². The maximum Gasteiger partial charge on any atom is 0.273 e. The Hall–Kier alpha value is -1.23. The average Bonchev–Trinajstić information content (AvgIpc) is 2.26. The smallest absolute Gasteiger partial charge is 0.273 e. The number of rotatable bonds is 6. The molecule has 0 aliphatic carbocycles. The minimum atomic E-state index is -0.410. The number of nitrogens with zero attached hydrogens (tertiary/aromatic N) is 1. The summed E-state index contributed by atoms with van der Waals surface area (Å²) in [5, 5.41) is 10.9. The van der Waals surface area contributed by atoms with Gasteiger partial charge in [-0.3, -0.25) is 14.9 Å². The van der Waals surface area contributed by atoms with Gasteiger partial charge in [0.2, 0.25) is 0 Å². The van der Waals surface area contributed by atoms with Gasteiger partial charge in [0.1, 0.15) is 5.78 Å². The topological polar surface area (TPSA) is 60.2 Å². The lowest BCUT2D eigenvalue weighted by atomic mass is 10.0. The average molecular weight is 314 g/mol. The second kappa shape index (κ2) is 6.64. The fourth-order valence-corrected chi connectivity index (χ4v) is 2.10. The lowest BCUT2D eigenvalue weighted by Crippen LogP contribution is -2.05. The van der Waals surface area contributed by atoms with E-state index in [-0.39, 0.29) is 11.5 Å². The zero-order valence-electron chi connectivity index (χ0n) is 10.5. The Kier molecular flexibility index (Phi) is 5.47. The number of nitro benzene ring substituents is 1. The first kappa shape index (κ1) is 14.8. The fraction of sp³-hybridized carbons (Fsp3) is 0.462. The summed E-state index contributed by atoms with van der Waals surface area (Å²) >= 11 is 3.21. The highest BCUT2D eigenvalue weighted by Gasteiger charge is 2.15. The third kappa shape index (κ3) is 4.56. The van der Waals surface area contributed by atoms with Crippen LogP contribution in [0.2, 0.25) is 0 Å². The summed E-state index contributed by atoms with van der Waals surface area (Å²) in [6.07, 6.45) is 1.32. The monoisotopic (exact) mass is 313 g/mol. The molecule has 1 aromatic rings. The molecular weight excluding hydrogens is 298 g/mol. The molecule has 5 heteroatoms. The summed E-state index contributed by atoms with van der Waals surface area (Å²) in [6.45, 7) is 3.97. The molecule has 0 aromatic heterocycles. The van der Waals surface area contributed by atoms with Crippen molar-refractivity contribution in [2.75, 3.05) is 0 Å². The normalized spacial score (nSPS) is 10.7. The van der Waals surface area contributed by atoms with Crippen LogP contribution in [-0.4, -0.2) is 10.7 Å². The minimum absolute atomic E-state index is 0.0710. The Balaban J connectivity index is 2.73. The molecule has 0 heterocycles. The van der Waals surface area contributed by atoms with Gasteiger partial charge in [-0.1, -0.05) is 35.8 Å². The molecule has 0 aliphatic heterocycles. The zero-order chi connectivity index (χ0) is 13.7. The van der Waals surface area contributed by atoms with Gasteiger partial charge in [-0.2, -0.15) is 0 Å². The van der Waals surface area contributed by atoms with Gasteiger partial charge >= 0.3 is 0 Å². The van der Waals surface area contributed by atoms with E-state index in [4.69, 9.17) is 0 Å². The lowest BCUT2D eigenvalue weighted by molar-refractivity contribution is -0.385. The van der Waals surface area contributed by atoms with E-state index >= 15 is 0 Å². The predicted octanol–water partition coefficient (Wildman–Crippen LogP) is 3.91. The summed E-state index contributed by atoms with van der Waals surface area (Å²) in [6, 6.07) is 4.93. The van der Waals surface area contributed by atoms with E-state index in [0.29, 0.717) is 35.2 Å². The Morgan fingerprint density at radius 1 is 1.44 bits per heavy atom. The zero-order valence-corrected chi connectivity index (χ0v) is 12.1. The van der Waals surface area contributed by atoms with Crippen molar-refractivity contribution in [1.82, 2.24) is 0 Å². The Morgan fingerprint density at radius 3 is 2.67 bits per heavy atom. The van der Waals surface area contributed by atoms with Crippen LogP contribution in [0.1, 0.15) is 32.3 Å². The van der Waals surface area contributed by atoms with E-state index in [1.165, 1.54) is 6.07 Å². The molecule has 0 amide bonds. The molecule has 0 spiro atoms. The summed E-state index contributed by atoms with van der Waals surface area (Å²) < 4.78 is 0.673. The van der Waals surface area contributed by atoms with Crippen LogP contribution < -0.4 is 0 Å². The quantitative estimate of drug-likeness (QED) is 0.591. The van der Waals surface area contributed by atoms with Gasteiger partial charge in [-0.25, -0.2) is 0 Å². The van der Waals surface area contributed by atoms with Crippen LogP contribution in [0, 0.1) is 16.0 Å². The number of carbonyl (C=O) groups is 1. The molecule has 0 saturated heterocycles. The second-order valence-electron chi connectivity index (χ2n) is 4.67. The van der Waals surface area contributed by atoms with E-state index < -0.39 is 4.92 Å². The molecule has 0 aliphatic rings. The van der Waals surface area contributed by atoms with Crippen molar-refractivity contribution in [1.29, 1.82) is 0 Å². The molecular formula is C13H16BrNO3. The standard InChI is InChI=1S/C13H16BrNO3/c1-9(2)7-12(16)6-4-10-3-5-11(14)8-13(10)15(17)18/h3,5,8-9H,4,6-7H2,1-2H3. The maximum absolute atomic E-state index is 11.6. The highest BCUT2D eigenvalue weighted by Crippen LogP contribution is 2.24. The van der Waals surface area contributed by atoms with Crippen molar-refractivity contribution in [2.45, 2.75) is 33.1 Å². The highest BCUT2D eigenvalue weighted by molar-refractivity contribution is 9.10. The fourth-order valence-electron chi connectivity index (χ4n) is 1.75. The van der Waals surface area contributed by atoms with E-state index in [1.54, 1.807) is 12.1 Å². The Labute approximate surface area is 115 Å². The Morgan fingerprint density at radius 2 is 2.11 bits per heavy atom. The molecule has 1 aromatic carbocycles. The molecule has 0 fully saturated rings. The van der Waals surface area contributed by atoms with Crippen molar-refractivity contribution < 1.29 is 9.72 Å². The number of benzene rings is 1. The third-order valence-electron chi connectivity index (χ3n) is 2.55. The van der Waals surface area contributed by atoms with Crippen LogP contribution >= 0.6 is 15.9 Å². The molecule has 98 valence electrons. The number of Topliss-reactive ketones (excluding diaryl/α,β-unsaturated/α-hetero) is 1. The van der Waals surface area contributed by atoms with Gasteiger partial charge in [-0.15, -0.1) is 0 Å². The predicted molar refractivity (Wildman–Crippen MR) is 73.6 cm³/mol.